The molecule has 0 radical (unpaired) electrons. The summed E-state index contributed by atoms with van der Waals surface area (Å²) in [6.45, 7) is 0.824. The molecular formula is C16H19Cl2N3O2. The molecule has 0 saturated heterocycles. The molecule has 2 rings (SSSR count). The fraction of sp³-hybridized carbons (Fsp3) is 0.250. The molecule has 3 N–H and O–H groups in total. The number of hydrogen-bond donors (Lipinski definition) is 2. The van der Waals surface area contributed by atoms with Crippen LogP contribution in [0.15, 0.2) is 47.4 Å². The van der Waals surface area contributed by atoms with Gasteiger partial charge in [0.1, 0.15) is 0 Å². The summed E-state index contributed by atoms with van der Waals surface area (Å²) >= 11 is 6.11. The fourth-order valence-electron chi connectivity index (χ4n) is 2.03. The Hall–Kier alpha value is -1.82. The number of amides is 1. The quantitative estimate of drug-likeness (QED) is 0.835. The SMILES string of the molecule is Cl.NCCCC(=O)Nc1ccc(=O)n(Cc2ccccc2Cl)c1. The average Bonchev–Trinajstić information content (AvgIpc) is 2.51. The summed E-state index contributed by atoms with van der Waals surface area (Å²) in [5, 5.41) is 3.36. The van der Waals surface area contributed by atoms with Gasteiger partial charge in [-0.2, -0.15) is 0 Å². The molecule has 2 aromatic rings. The molecule has 0 aliphatic carbocycles. The van der Waals surface area contributed by atoms with E-state index in [1.54, 1.807) is 18.3 Å². The molecule has 0 fully saturated rings. The number of benzene rings is 1. The lowest BCUT2D eigenvalue weighted by atomic mass is 10.2. The van der Waals surface area contributed by atoms with Crippen LogP contribution in [0.5, 0.6) is 0 Å². The van der Waals surface area contributed by atoms with Crippen LogP contribution in [-0.2, 0) is 11.3 Å². The Morgan fingerprint density at radius 1 is 1.22 bits per heavy atom. The summed E-state index contributed by atoms with van der Waals surface area (Å²) in [6.07, 6.45) is 2.61. The summed E-state index contributed by atoms with van der Waals surface area (Å²) in [7, 11) is 0. The number of nitrogens with one attached hydrogen (secondary N) is 1. The molecule has 5 nitrogen and oxygen atoms in total. The average molecular weight is 356 g/mol. The van der Waals surface area contributed by atoms with Gasteiger partial charge in [0.05, 0.1) is 12.2 Å². The highest BCUT2D eigenvalue weighted by atomic mass is 35.5. The van der Waals surface area contributed by atoms with Crippen LogP contribution >= 0.6 is 24.0 Å². The van der Waals surface area contributed by atoms with Gasteiger partial charge in [-0.3, -0.25) is 9.59 Å². The zero-order chi connectivity index (χ0) is 15.9. The number of carbonyl (C=O) groups is 1. The molecule has 7 heteroatoms. The maximum Gasteiger partial charge on any atom is 0.250 e. The number of pyridine rings is 1. The van der Waals surface area contributed by atoms with E-state index in [1.165, 1.54) is 10.6 Å². The van der Waals surface area contributed by atoms with E-state index in [0.29, 0.717) is 36.6 Å². The van der Waals surface area contributed by atoms with Crippen LogP contribution < -0.4 is 16.6 Å². The van der Waals surface area contributed by atoms with Gasteiger partial charge in [-0.15, -0.1) is 12.4 Å². The largest absolute Gasteiger partial charge is 0.330 e. The third kappa shape index (κ3) is 5.71. The van der Waals surface area contributed by atoms with E-state index in [9.17, 15) is 9.59 Å². The third-order valence-corrected chi connectivity index (χ3v) is 3.54. The van der Waals surface area contributed by atoms with Crippen molar-refractivity contribution in [3.8, 4) is 0 Å². The van der Waals surface area contributed by atoms with Crippen LogP contribution in [0, 0.1) is 0 Å². The summed E-state index contributed by atoms with van der Waals surface area (Å²) < 4.78 is 1.51. The van der Waals surface area contributed by atoms with Gasteiger partial charge in [-0.1, -0.05) is 29.8 Å². The number of rotatable bonds is 6. The van der Waals surface area contributed by atoms with E-state index < -0.39 is 0 Å². The van der Waals surface area contributed by atoms with E-state index in [-0.39, 0.29) is 23.9 Å². The predicted octanol–water partition coefficient (Wildman–Crippen LogP) is 2.65. The topological polar surface area (TPSA) is 77.1 Å². The maximum absolute atomic E-state index is 11.9. The first-order valence-electron chi connectivity index (χ1n) is 7.04. The number of hydrogen-bond acceptors (Lipinski definition) is 3. The van der Waals surface area contributed by atoms with Crippen molar-refractivity contribution in [1.29, 1.82) is 0 Å². The van der Waals surface area contributed by atoms with E-state index in [0.717, 1.165) is 5.56 Å². The lowest BCUT2D eigenvalue weighted by Gasteiger charge is -2.10. The number of carbonyl (C=O) groups excluding carboxylic acids is 1. The number of nitrogens with zero attached hydrogens (tertiary/aromatic N) is 1. The zero-order valence-corrected chi connectivity index (χ0v) is 14.1. The molecule has 0 aliphatic rings. The minimum atomic E-state index is -0.153. The van der Waals surface area contributed by atoms with Crippen LogP contribution in [0.2, 0.25) is 5.02 Å². The Balaban J connectivity index is 0.00000264. The van der Waals surface area contributed by atoms with Gasteiger partial charge >= 0.3 is 0 Å². The fourth-order valence-corrected chi connectivity index (χ4v) is 2.22. The first kappa shape index (κ1) is 19.2. The second-order valence-electron chi connectivity index (χ2n) is 4.92. The molecule has 0 saturated carbocycles. The first-order valence-corrected chi connectivity index (χ1v) is 7.42. The van der Waals surface area contributed by atoms with Crippen LogP contribution in [-0.4, -0.2) is 17.0 Å². The second kappa shape index (κ2) is 9.35. The molecule has 1 amide bonds. The highest BCUT2D eigenvalue weighted by Crippen LogP contribution is 2.16. The Labute approximate surface area is 145 Å². The molecule has 0 atom stereocenters. The van der Waals surface area contributed by atoms with Gasteiger partial charge in [0, 0.05) is 23.7 Å². The first-order chi connectivity index (χ1) is 10.6. The maximum atomic E-state index is 11.9. The van der Waals surface area contributed by atoms with Gasteiger partial charge in [0.25, 0.3) is 5.56 Å². The summed E-state index contributed by atoms with van der Waals surface area (Å²) in [6, 6.07) is 10.4. The molecule has 0 unspecified atom stereocenters. The molecule has 0 bridgehead atoms. The summed E-state index contributed by atoms with van der Waals surface area (Å²) in [5.74, 6) is -0.117. The van der Waals surface area contributed by atoms with Crippen molar-refractivity contribution >= 4 is 35.6 Å². The normalized spacial score (nSPS) is 10.0. The highest BCUT2D eigenvalue weighted by Gasteiger charge is 2.06. The predicted molar refractivity (Wildman–Crippen MR) is 95.4 cm³/mol. The number of anilines is 1. The molecule has 1 aromatic heterocycles. The van der Waals surface area contributed by atoms with Gasteiger partial charge in [0.15, 0.2) is 0 Å². The molecular weight excluding hydrogens is 337 g/mol. The highest BCUT2D eigenvalue weighted by molar-refractivity contribution is 6.31. The lowest BCUT2D eigenvalue weighted by Crippen LogP contribution is -2.21. The van der Waals surface area contributed by atoms with Crippen molar-refractivity contribution < 1.29 is 4.79 Å². The smallest absolute Gasteiger partial charge is 0.250 e. The zero-order valence-electron chi connectivity index (χ0n) is 12.5. The Kier molecular flexibility index (Phi) is 7.81. The van der Waals surface area contributed by atoms with Gasteiger partial charge in [-0.05, 0) is 30.7 Å². The van der Waals surface area contributed by atoms with Crippen molar-refractivity contribution in [3.05, 3.63) is 63.5 Å². The molecule has 0 aliphatic heterocycles. The number of aromatic nitrogens is 1. The molecule has 0 spiro atoms. The van der Waals surface area contributed by atoms with E-state index in [2.05, 4.69) is 5.32 Å². The summed E-state index contributed by atoms with van der Waals surface area (Å²) in [5.41, 5.74) is 6.65. The molecule has 23 heavy (non-hydrogen) atoms. The Bertz CT molecular complexity index is 716. The van der Waals surface area contributed by atoms with Gasteiger partial charge in [-0.25, -0.2) is 0 Å². The molecule has 1 heterocycles. The number of nitrogens with two attached hydrogens (primary N) is 1. The molecule has 124 valence electrons. The van der Waals surface area contributed by atoms with Gasteiger partial charge < -0.3 is 15.6 Å². The Morgan fingerprint density at radius 2 is 1.96 bits per heavy atom. The Morgan fingerprint density at radius 3 is 2.65 bits per heavy atom. The summed E-state index contributed by atoms with van der Waals surface area (Å²) in [4.78, 5) is 23.6. The van der Waals surface area contributed by atoms with Crippen LogP contribution in [0.25, 0.3) is 0 Å². The van der Waals surface area contributed by atoms with E-state index in [1.807, 2.05) is 18.2 Å². The monoisotopic (exact) mass is 355 g/mol. The standard InChI is InChI=1S/C16H18ClN3O2.ClH/c17-14-5-2-1-4-12(14)10-20-11-13(7-8-16(20)22)19-15(21)6-3-9-18;/h1-2,4-5,7-8,11H,3,6,9-10,18H2,(H,19,21);1H. The lowest BCUT2D eigenvalue weighted by molar-refractivity contribution is -0.116. The van der Waals surface area contributed by atoms with Gasteiger partial charge in [0.2, 0.25) is 5.91 Å². The minimum Gasteiger partial charge on any atom is -0.330 e. The van der Waals surface area contributed by atoms with Crippen molar-refractivity contribution in [3.63, 3.8) is 0 Å². The minimum absolute atomic E-state index is 0. The van der Waals surface area contributed by atoms with Crippen molar-refractivity contribution in [2.75, 3.05) is 11.9 Å². The van der Waals surface area contributed by atoms with E-state index in [4.69, 9.17) is 17.3 Å². The third-order valence-electron chi connectivity index (χ3n) is 3.17. The molecule has 1 aromatic carbocycles. The van der Waals surface area contributed by atoms with Crippen molar-refractivity contribution in [1.82, 2.24) is 4.57 Å². The van der Waals surface area contributed by atoms with Crippen molar-refractivity contribution in [2.24, 2.45) is 5.73 Å². The van der Waals surface area contributed by atoms with E-state index >= 15 is 0 Å². The van der Waals surface area contributed by atoms with Crippen LogP contribution in [0.4, 0.5) is 5.69 Å². The van der Waals surface area contributed by atoms with Crippen LogP contribution in [0.1, 0.15) is 18.4 Å². The van der Waals surface area contributed by atoms with Crippen molar-refractivity contribution in [2.45, 2.75) is 19.4 Å². The number of halogens is 2. The van der Waals surface area contributed by atoms with Crippen LogP contribution in [0.3, 0.4) is 0 Å². The second-order valence-corrected chi connectivity index (χ2v) is 5.32.